The summed E-state index contributed by atoms with van der Waals surface area (Å²) in [7, 11) is 0. The first kappa shape index (κ1) is 42.5. The Balaban J connectivity index is 1.23. The molecule has 0 atom stereocenters. The van der Waals surface area contributed by atoms with Crippen molar-refractivity contribution in [3.8, 4) is 22.3 Å². The number of rotatable bonds is 3. The number of nitrogens with zero attached hydrogens (tertiary/aromatic N) is 2. The molecule has 0 saturated heterocycles. The summed E-state index contributed by atoms with van der Waals surface area (Å²) in [5.74, 6) is 0. The zero-order valence-electron chi connectivity index (χ0n) is 41.6. The first-order chi connectivity index (χ1) is 33.0. The molecule has 0 N–H and O–H groups in total. The van der Waals surface area contributed by atoms with E-state index in [1.807, 2.05) is 11.3 Å². The molecule has 69 heavy (non-hydrogen) atoms. The number of para-hydroxylation sites is 1. The fraction of sp³-hybridized carbons (Fsp3) is 0.250. The molecular weight excluding hydrogens is 856 g/mol. The number of thiophene rings is 1. The van der Waals surface area contributed by atoms with Crippen LogP contribution in [0.15, 0.2) is 156 Å². The monoisotopic (exact) mass is 914 g/mol. The van der Waals surface area contributed by atoms with Gasteiger partial charge in [-0.3, -0.25) is 0 Å². The summed E-state index contributed by atoms with van der Waals surface area (Å²) < 4.78 is 9.87. The Morgan fingerprint density at radius 2 is 1.16 bits per heavy atom. The molecule has 3 aliphatic rings. The largest absolute Gasteiger partial charge is 0.455 e. The van der Waals surface area contributed by atoms with Crippen molar-refractivity contribution >= 4 is 99.7 Å². The van der Waals surface area contributed by atoms with Crippen LogP contribution < -0.4 is 20.6 Å². The van der Waals surface area contributed by atoms with Crippen molar-refractivity contribution in [3.63, 3.8) is 0 Å². The molecule has 0 radical (unpaired) electrons. The van der Waals surface area contributed by atoms with Gasteiger partial charge in [-0.25, -0.2) is 0 Å². The fourth-order valence-electron chi connectivity index (χ4n) is 12.2. The van der Waals surface area contributed by atoms with E-state index >= 15 is 0 Å². The Hall–Kier alpha value is -6.56. The molecule has 13 rings (SSSR count). The average Bonchev–Trinajstić information content (AvgIpc) is 3.89. The maximum atomic E-state index is 7.26. The third-order valence-electron chi connectivity index (χ3n) is 16.2. The summed E-state index contributed by atoms with van der Waals surface area (Å²) in [5, 5.41) is 4.88. The van der Waals surface area contributed by atoms with E-state index < -0.39 is 0 Å². The van der Waals surface area contributed by atoms with E-state index in [2.05, 4.69) is 231 Å². The van der Waals surface area contributed by atoms with Crippen molar-refractivity contribution in [2.75, 3.05) is 9.71 Å². The van der Waals surface area contributed by atoms with E-state index in [1.54, 1.807) is 0 Å². The highest BCUT2D eigenvalue weighted by Crippen LogP contribution is 2.56. The van der Waals surface area contributed by atoms with Gasteiger partial charge in [0.15, 0.2) is 0 Å². The third kappa shape index (κ3) is 6.31. The molecular formula is C64H59BN2OS. The molecule has 1 aliphatic carbocycles. The van der Waals surface area contributed by atoms with Crippen molar-refractivity contribution in [3.05, 3.63) is 174 Å². The van der Waals surface area contributed by atoms with Crippen LogP contribution in [-0.4, -0.2) is 6.85 Å². The quantitative estimate of drug-likeness (QED) is 0.165. The lowest BCUT2D eigenvalue weighted by atomic mass is 9.43. The molecule has 0 fully saturated rings. The molecule has 0 unspecified atom stereocenters. The van der Waals surface area contributed by atoms with Gasteiger partial charge in [-0.05, 0) is 140 Å². The van der Waals surface area contributed by atoms with Crippen LogP contribution in [0, 0.1) is 0 Å². The predicted octanol–water partition coefficient (Wildman–Crippen LogP) is 17.3. The molecule has 0 amide bonds. The minimum Gasteiger partial charge on any atom is -0.455 e. The summed E-state index contributed by atoms with van der Waals surface area (Å²) in [6, 6.07) is 58.2. The lowest BCUT2D eigenvalue weighted by Gasteiger charge is -2.48. The van der Waals surface area contributed by atoms with E-state index in [0.717, 1.165) is 34.8 Å². The van der Waals surface area contributed by atoms with Gasteiger partial charge in [0.1, 0.15) is 11.2 Å². The predicted molar refractivity (Wildman–Crippen MR) is 298 cm³/mol. The van der Waals surface area contributed by atoms with Gasteiger partial charge in [-0.2, -0.15) is 0 Å². The van der Waals surface area contributed by atoms with Gasteiger partial charge in [0.25, 0.3) is 0 Å². The topological polar surface area (TPSA) is 19.6 Å². The first-order valence-corrected chi connectivity index (χ1v) is 25.8. The van der Waals surface area contributed by atoms with Crippen LogP contribution in [-0.2, 0) is 21.7 Å². The Morgan fingerprint density at radius 3 is 1.88 bits per heavy atom. The molecule has 340 valence electrons. The Kier molecular flexibility index (Phi) is 8.94. The number of hydrogen-bond acceptors (Lipinski definition) is 4. The summed E-state index contributed by atoms with van der Waals surface area (Å²) in [6.07, 6.45) is 2.28. The molecule has 4 heterocycles. The summed E-state index contributed by atoms with van der Waals surface area (Å²) in [5.41, 5.74) is 20.9. The van der Waals surface area contributed by atoms with E-state index in [-0.39, 0.29) is 28.5 Å². The van der Waals surface area contributed by atoms with Gasteiger partial charge in [0.2, 0.25) is 0 Å². The van der Waals surface area contributed by atoms with Crippen molar-refractivity contribution in [1.82, 2.24) is 0 Å². The van der Waals surface area contributed by atoms with Crippen LogP contribution in [0.1, 0.15) is 104 Å². The van der Waals surface area contributed by atoms with Crippen molar-refractivity contribution < 1.29 is 4.42 Å². The van der Waals surface area contributed by atoms with Crippen molar-refractivity contribution in [2.24, 2.45) is 0 Å². The molecule has 2 aromatic heterocycles. The van der Waals surface area contributed by atoms with Crippen LogP contribution in [0.3, 0.4) is 0 Å². The van der Waals surface area contributed by atoms with Gasteiger partial charge in [0, 0.05) is 70.4 Å². The van der Waals surface area contributed by atoms with Crippen LogP contribution in [0.25, 0.3) is 64.4 Å². The number of anilines is 5. The maximum absolute atomic E-state index is 7.26. The lowest BCUT2D eigenvalue weighted by molar-refractivity contribution is 0.332. The van der Waals surface area contributed by atoms with Gasteiger partial charge >= 0.3 is 6.85 Å². The number of hydrogen-bond donors (Lipinski definition) is 0. The average molecular weight is 915 g/mol. The molecule has 3 nitrogen and oxygen atoms in total. The van der Waals surface area contributed by atoms with Crippen molar-refractivity contribution in [2.45, 2.75) is 104 Å². The first-order valence-electron chi connectivity index (χ1n) is 25.0. The zero-order chi connectivity index (χ0) is 47.5. The summed E-state index contributed by atoms with van der Waals surface area (Å²) >= 11 is 1.91. The van der Waals surface area contributed by atoms with Gasteiger partial charge in [0.05, 0.1) is 5.69 Å². The third-order valence-corrected chi connectivity index (χ3v) is 17.4. The maximum Gasteiger partial charge on any atom is 0.333 e. The molecule has 0 spiro atoms. The standard InChI is InChI=1S/C64H59BN2OS/c1-61(2,3)39-24-27-41(28-25-39)67-52-36-49-48(63(7,8)30-31-64(49,9)10)33-47(52)58-59-54(35-46-42-20-14-16-22-55(42)68-60(46)58)66(51-29-26-40(62(4,5)6)32-44(51)38-18-12-11-13-19-38)53-34-45-43-21-15-17-23-56(43)69-57(45)37-50(53)65(59)67/h11-29,32-37H,30-31H2,1-10H3. The highest BCUT2D eigenvalue weighted by atomic mass is 32.1. The van der Waals surface area contributed by atoms with Gasteiger partial charge in [-0.15, -0.1) is 11.3 Å². The normalized spacial score (nSPS) is 16.0. The van der Waals surface area contributed by atoms with Crippen LogP contribution in [0.5, 0.6) is 0 Å². The zero-order valence-corrected chi connectivity index (χ0v) is 42.5. The molecule has 8 aromatic carbocycles. The van der Waals surface area contributed by atoms with Crippen molar-refractivity contribution in [1.29, 1.82) is 0 Å². The Morgan fingerprint density at radius 1 is 0.522 bits per heavy atom. The molecule has 0 saturated carbocycles. The minimum absolute atomic E-state index is 0.00254. The fourth-order valence-corrected chi connectivity index (χ4v) is 13.3. The lowest BCUT2D eigenvalue weighted by Crippen LogP contribution is -2.61. The van der Waals surface area contributed by atoms with Crippen LogP contribution >= 0.6 is 11.3 Å². The molecule has 0 bridgehead atoms. The number of benzene rings is 8. The smallest absolute Gasteiger partial charge is 0.333 e. The highest BCUT2D eigenvalue weighted by molar-refractivity contribution is 7.26. The minimum atomic E-state index is -0.173. The van der Waals surface area contributed by atoms with Crippen LogP contribution in [0.4, 0.5) is 28.4 Å². The Bertz CT molecular complexity index is 3760. The second kappa shape index (κ2) is 14.5. The second-order valence-electron chi connectivity index (χ2n) is 23.6. The molecule has 5 heteroatoms. The second-order valence-corrected chi connectivity index (χ2v) is 24.7. The summed E-state index contributed by atoms with van der Waals surface area (Å²) in [4.78, 5) is 5.36. The highest BCUT2D eigenvalue weighted by Gasteiger charge is 2.49. The number of furan rings is 1. The van der Waals surface area contributed by atoms with E-state index in [0.29, 0.717) is 0 Å². The van der Waals surface area contributed by atoms with Gasteiger partial charge in [-0.1, -0.05) is 154 Å². The van der Waals surface area contributed by atoms with E-state index in [1.165, 1.54) is 104 Å². The SMILES string of the molecule is CC(C)(C)c1ccc(N2B3c4cc5sc6ccccc6c5cc4N(c4ccc(C(C)(C)C)cc4-c4ccccc4)c4cc5c(oc6ccccc65)c(c43)-c3cc4c(cc32)C(C)(C)CCC4(C)C)cc1. The van der Waals surface area contributed by atoms with E-state index in [9.17, 15) is 0 Å². The molecule has 2 aliphatic heterocycles. The van der Waals surface area contributed by atoms with Crippen LogP contribution in [0.2, 0.25) is 0 Å². The van der Waals surface area contributed by atoms with E-state index in [4.69, 9.17) is 4.42 Å². The number of fused-ring (bicyclic) bond motifs is 12. The summed E-state index contributed by atoms with van der Waals surface area (Å²) in [6.45, 7) is 23.6. The van der Waals surface area contributed by atoms with Gasteiger partial charge < -0.3 is 14.1 Å². The Labute approximate surface area is 411 Å². The molecule has 10 aromatic rings.